The van der Waals surface area contributed by atoms with Gasteiger partial charge in [0.15, 0.2) is 0 Å². The SMILES string of the molecule is CCCCCCCC(=O)Oc1ccc(NC(=O)c2ccccc2C(=O)O)cc1. The van der Waals surface area contributed by atoms with Gasteiger partial charge in [-0.25, -0.2) is 4.79 Å². The third-order valence-corrected chi connectivity index (χ3v) is 4.23. The summed E-state index contributed by atoms with van der Waals surface area (Å²) in [5, 5.41) is 11.8. The Morgan fingerprint density at radius 2 is 1.54 bits per heavy atom. The number of aromatic carboxylic acids is 1. The van der Waals surface area contributed by atoms with Crippen molar-refractivity contribution in [1.29, 1.82) is 0 Å². The predicted octanol–water partition coefficient (Wildman–Crippen LogP) is 4.90. The molecule has 0 saturated carbocycles. The fourth-order valence-electron chi connectivity index (χ4n) is 2.73. The lowest BCUT2D eigenvalue weighted by Gasteiger charge is -2.09. The molecule has 0 unspecified atom stereocenters. The molecule has 2 aromatic rings. The van der Waals surface area contributed by atoms with E-state index < -0.39 is 11.9 Å². The van der Waals surface area contributed by atoms with Gasteiger partial charge in [-0.15, -0.1) is 0 Å². The van der Waals surface area contributed by atoms with E-state index in [1.54, 1.807) is 36.4 Å². The fraction of sp³-hybridized carbons (Fsp3) is 0.318. The average molecular weight is 383 g/mol. The summed E-state index contributed by atoms with van der Waals surface area (Å²) in [5.41, 5.74) is 0.489. The first kappa shape index (κ1) is 21.2. The largest absolute Gasteiger partial charge is 0.478 e. The highest BCUT2D eigenvalue weighted by atomic mass is 16.5. The maximum absolute atomic E-state index is 12.3. The van der Waals surface area contributed by atoms with E-state index in [0.717, 1.165) is 25.7 Å². The molecule has 2 rings (SSSR count). The van der Waals surface area contributed by atoms with Crippen molar-refractivity contribution in [3.8, 4) is 5.75 Å². The van der Waals surface area contributed by atoms with E-state index >= 15 is 0 Å². The standard InChI is InChI=1S/C22H25NO5/c1-2-3-4-5-6-11-20(24)28-17-14-12-16(13-15-17)23-21(25)18-9-7-8-10-19(18)22(26)27/h7-10,12-15H,2-6,11H2,1H3,(H,23,25)(H,26,27). The minimum absolute atomic E-state index is 0.0653. The van der Waals surface area contributed by atoms with Crippen LogP contribution >= 0.6 is 0 Å². The summed E-state index contributed by atoms with van der Waals surface area (Å²) in [5.74, 6) is -1.55. The molecule has 28 heavy (non-hydrogen) atoms. The number of carbonyl (C=O) groups is 3. The molecule has 0 spiro atoms. The molecule has 0 bridgehead atoms. The number of hydrogen-bond donors (Lipinski definition) is 2. The van der Waals surface area contributed by atoms with Gasteiger partial charge in [0.05, 0.1) is 11.1 Å². The van der Waals surface area contributed by atoms with Crippen LogP contribution in [0.2, 0.25) is 0 Å². The Morgan fingerprint density at radius 1 is 0.893 bits per heavy atom. The molecule has 0 radical (unpaired) electrons. The van der Waals surface area contributed by atoms with E-state index in [1.165, 1.54) is 18.6 Å². The molecule has 148 valence electrons. The van der Waals surface area contributed by atoms with Gasteiger partial charge in [0.25, 0.3) is 5.91 Å². The third-order valence-electron chi connectivity index (χ3n) is 4.23. The van der Waals surface area contributed by atoms with Crippen LogP contribution in [-0.4, -0.2) is 23.0 Å². The van der Waals surface area contributed by atoms with Crippen molar-refractivity contribution in [3.63, 3.8) is 0 Å². The van der Waals surface area contributed by atoms with Gasteiger partial charge in [-0.3, -0.25) is 9.59 Å². The van der Waals surface area contributed by atoms with Crippen LogP contribution in [0.1, 0.15) is 66.2 Å². The summed E-state index contributed by atoms with van der Waals surface area (Å²) >= 11 is 0. The van der Waals surface area contributed by atoms with E-state index in [2.05, 4.69) is 12.2 Å². The maximum Gasteiger partial charge on any atom is 0.336 e. The van der Waals surface area contributed by atoms with Crippen molar-refractivity contribution in [2.75, 3.05) is 5.32 Å². The Balaban J connectivity index is 1.88. The molecule has 0 saturated heterocycles. The molecule has 0 fully saturated rings. The maximum atomic E-state index is 12.3. The minimum atomic E-state index is -1.16. The summed E-state index contributed by atoms with van der Waals surface area (Å²) < 4.78 is 5.29. The molecule has 2 N–H and O–H groups in total. The predicted molar refractivity (Wildman–Crippen MR) is 107 cm³/mol. The lowest BCUT2D eigenvalue weighted by Crippen LogP contribution is -2.16. The molecule has 0 aliphatic heterocycles. The van der Waals surface area contributed by atoms with E-state index in [4.69, 9.17) is 4.74 Å². The number of carboxylic acids is 1. The van der Waals surface area contributed by atoms with Gasteiger partial charge in [-0.05, 0) is 42.8 Å². The van der Waals surface area contributed by atoms with Crippen LogP contribution in [0.3, 0.4) is 0 Å². The van der Waals surface area contributed by atoms with Crippen LogP contribution in [0, 0.1) is 0 Å². The van der Waals surface area contributed by atoms with Gasteiger partial charge in [-0.1, -0.05) is 44.7 Å². The van der Waals surface area contributed by atoms with Crippen molar-refractivity contribution in [3.05, 3.63) is 59.7 Å². The number of unbranched alkanes of at least 4 members (excludes halogenated alkanes) is 4. The molecule has 2 aromatic carbocycles. The summed E-state index contributed by atoms with van der Waals surface area (Å²) in [7, 11) is 0. The minimum Gasteiger partial charge on any atom is -0.478 e. The van der Waals surface area contributed by atoms with Crippen LogP contribution in [0.15, 0.2) is 48.5 Å². The van der Waals surface area contributed by atoms with Crippen LogP contribution in [0.5, 0.6) is 5.75 Å². The number of carboxylic acid groups (broad SMARTS) is 1. The number of carbonyl (C=O) groups excluding carboxylic acids is 2. The highest BCUT2D eigenvalue weighted by molar-refractivity contribution is 6.10. The Morgan fingerprint density at radius 3 is 2.18 bits per heavy atom. The van der Waals surface area contributed by atoms with Crippen molar-refractivity contribution in [2.45, 2.75) is 45.4 Å². The molecule has 1 amide bonds. The molecule has 0 atom stereocenters. The Bertz CT molecular complexity index is 814. The van der Waals surface area contributed by atoms with Crippen LogP contribution in [-0.2, 0) is 4.79 Å². The van der Waals surface area contributed by atoms with Crippen molar-refractivity contribution in [2.24, 2.45) is 0 Å². The van der Waals surface area contributed by atoms with Gasteiger partial charge < -0.3 is 15.2 Å². The third kappa shape index (κ3) is 6.54. The van der Waals surface area contributed by atoms with E-state index in [1.807, 2.05) is 0 Å². The topological polar surface area (TPSA) is 92.7 Å². The van der Waals surface area contributed by atoms with E-state index in [-0.39, 0.29) is 17.1 Å². The Labute approximate surface area is 164 Å². The van der Waals surface area contributed by atoms with Crippen LogP contribution in [0.4, 0.5) is 5.69 Å². The molecule has 6 heteroatoms. The average Bonchev–Trinajstić information content (AvgIpc) is 2.69. The summed E-state index contributed by atoms with van der Waals surface area (Å²) in [4.78, 5) is 35.4. The number of hydrogen-bond acceptors (Lipinski definition) is 4. The number of benzene rings is 2. The first-order valence-electron chi connectivity index (χ1n) is 9.45. The van der Waals surface area contributed by atoms with Gasteiger partial charge >= 0.3 is 11.9 Å². The number of rotatable bonds is 10. The van der Waals surface area contributed by atoms with Gasteiger partial charge in [0, 0.05) is 12.1 Å². The highest BCUT2D eigenvalue weighted by Gasteiger charge is 2.15. The van der Waals surface area contributed by atoms with Crippen LogP contribution in [0.25, 0.3) is 0 Å². The van der Waals surface area contributed by atoms with E-state index in [0.29, 0.717) is 17.9 Å². The number of ether oxygens (including phenoxy) is 1. The molecule has 0 aromatic heterocycles. The zero-order valence-electron chi connectivity index (χ0n) is 15.9. The smallest absolute Gasteiger partial charge is 0.336 e. The first-order valence-corrected chi connectivity index (χ1v) is 9.45. The highest BCUT2D eigenvalue weighted by Crippen LogP contribution is 2.18. The Kier molecular flexibility index (Phi) is 8.21. The molecule has 0 aliphatic rings. The second kappa shape index (κ2) is 10.9. The van der Waals surface area contributed by atoms with Gasteiger partial charge in [0.2, 0.25) is 0 Å². The molecule has 6 nitrogen and oxygen atoms in total. The van der Waals surface area contributed by atoms with Gasteiger partial charge in [-0.2, -0.15) is 0 Å². The molecular formula is C22H25NO5. The number of anilines is 1. The fourth-order valence-corrected chi connectivity index (χ4v) is 2.73. The van der Waals surface area contributed by atoms with Crippen molar-refractivity contribution < 1.29 is 24.2 Å². The monoisotopic (exact) mass is 383 g/mol. The number of nitrogens with one attached hydrogen (secondary N) is 1. The zero-order valence-corrected chi connectivity index (χ0v) is 15.9. The van der Waals surface area contributed by atoms with Crippen molar-refractivity contribution >= 4 is 23.5 Å². The van der Waals surface area contributed by atoms with Crippen LogP contribution < -0.4 is 10.1 Å². The zero-order chi connectivity index (χ0) is 20.4. The summed E-state index contributed by atoms with van der Waals surface area (Å²) in [6, 6.07) is 12.4. The van der Waals surface area contributed by atoms with E-state index in [9.17, 15) is 19.5 Å². The lowest BCUT2D eigenvalue weighted by molar-refractivity contribution is -0.134. The Hall–Kier alpha value is -3.15. The summed E-state index contributed by atoms with van der Waals surface area (Å²) in [6.07, 6.45) is 5.69. The van der Waals surface area contributed by atoms with Gasteiger partial charge in [0.1, 0.15) is 5.75 Å². The molecular weight excluding hydrogens is 358 g/mol. The second-order valence-corrected chi connectivity index (χ2v) is 6.47. The molecule has 0 aliphatic carbocycles. The first-order chi connectivity index (χ1) is 13.5. The van der Waals surface area contributed by atoms with Crippen molar-refractivity contribution in [1.82, 2.24) is 0 Å². The molecule has 0 heterocycles. The quantitative estimate of drug-likeness (QED) is 0.346. The lowest BCUT2D eigenvalue weighted by atomic mass is 10.1. The summed E-state index contributed by atoms with van der Waals surface area (Å²) in [6.45, 7) is 2.14. The second-order valence-electron chi connectivity index (χ2n) is 6.47. The number of esters is 1. The number of amides is 1. The normalized spacial score (nSPS) is 10.3.